The number of carbonyl (C=O) groups excluding carboxylic acids is 1. The van der Waals surface area contributed by atoms with Gasteiger partial charge in [-0.3, -0.25) is 4.79 Å². The maximum atomic E-state index is 13.1. The lowest BCUT2D eigenvalue weighted by Gasteiger charge is -2.40. The summed E-state index contributed by atoms with van der Waals surface area (Å²) in [6, 6.07) is -0.844. The molecule has 0 aromatic carbocycles. The largest absolute Gasteiger partial charge is 0.394 e. The summed E-state index contributed by atoms with van der Waals surface area (Å²) in [6.07, 6.45) is 75.0. The second-order valence-corrected chi connectivity index (χ2v) is 21.8. The molecular weight excluding hydrogens is 959 g/mol. The maximum absolute atomic E-state index is 13.1. The van der Waals surface area contributed by atoms with Crippen molar-refractivity contribution >= 4 is 5.91 Å². The molecule has 0 aromatic rings. The molecule has 1 aliphatic rings. The molecule has 0 bridgehead atoms. The normalized spacial score (nSPS) is 19.4. The first-order valence-corrected chi connectivity index (χ1v) is 32.0. The van der Waals surface area contributed by atoms with Crippen molar-refractivity contribution in [3.63, 3.8) is 0 Å². The summed E-state index contributed by atoms with van der Waals surface area (Å²) in [7, 11) is 0. The fraction of sp³-hybridized carbons (Fsp3) is 0.750. The highest BCUT2D eigenvalue weighted by molar-refractivity contribution is 5.76. The first kappa shape index (κ1) is 72.1. The topological polar surface area (TPSA) is 149 Å². The second-order valence-electron chi connectivity index (χ2n) is 21.8. The third-order valence-corrected chi connectivity index (χ3v) is 14.7. The Labute approximate surface area is 473 Å². The van der Waals surface area contributed by atoms with Gasteiger partial charge in [-0.1, -0.05) is 291 Å². The van der Waals surface area contributed by atoms with Gasteiger partial charge in [0.25, 0.3) is 0 Å². The highest BCUT2D eigenvalue weighted by atomic mass is 16.7. The predicted octanol–water partition coefficient (Wildman–Crippen LogP) is 16.7. The van der Waals surface area contributed by atoms with E-state index in [0.29, 0.717) is 6.42 Å². The molecule has 9 heteroatoms. The van der Waals surface area contributed by atoms with Crippen molar-refractivity contribution in [3.8, 4) is 0 Å². The number of aliphatic hydroxyl groups is 5. The number of amides is 1. The van der Waals surface area contributed by atoms with Gasteiger partial charge < -0.3 is 40.3 Å². The SMILES string of the molecule is CC/C=C\C/C=C\C/C=C\C/C=C\C/C=C\C/C=C\C/C=C\CCCC(=O)NC(COC1OC(CO)C(O)C(O)C1O)C(O)/C=C/CCCCCCCCCCCCCCCCCCCCCCCCCCCCCCC. The Balaban J connectivity index is 2.22. The molecule has 9 nitrogen and oxygen atoms in total. The number of allylic oxidation sites excluding steroid dienone is 15. The zero-order valence-electron chi connectivity index (χ0n) is 49.4. The molecule has 1 aliphatic heterocycles. The first-order chi connectivity index (χ1) is 37.8. The molecule has 0 aromatic heterocycles. The Morgan fingerprint density at radius 3 is 1.18 bits per heavy atom. The zero-order chi connectivity index (χ0) is 55.8. The van der Waals surface area contributed by atoms with Crippen LogP contribution in [0.1, 0.15) is 271 Å². The summed E-state index contributed by atoms with van der Waals surface area (Å²) in [5.41, 5.74) is 0. The highest BCUT2D eigenvalue weighted by Gasteiger charge is 2.44. The molecule has 1 rings (SSSR count). The Bertz CT molecular complexity index is 1530. The molecule has 1 fully saturated rings. The van der Waals surface area contributed by atoms with Crippen molar-refractivity contribution in [1.82, 2.24) is 5.32 Å². The average molecular weight is 1080 g/mol. The molecular formula is C68H119NO8. The van der Waals surface area contributed by atoms with Crippen LogP contribution in [0, 0.1) is 0 Å². The van der Waals surface area contributed by atoms with Crippen LogP contribution in [0.2, 0.25) is 0 Å². The van der Waals surface area contributed by atoms with E-state index in [-0.39, 0.29) is 18.9 Å². The Morgan fingerprint density at radius 2 is 0.805 bits per heavy atom. The van der Waals surface area contributed by atoms with Crippen LogP contribution in [0.3, 0.4) is 0 Å². The van der Waals surface area contributed by atoms with Crippen molar-refractivity contribution in [1.29, 1.82) is 0 Å². The number of unbranched alkanes of at least 4 members (excludes halogenated alkanes) is 30. The van der Waals surface area contributed by atoms with Gasteiger partial charge >= 0.3 is 0 Å². The molecule has 1 amide bonds. The van der Waals surface area contributed by atoms with E-state index in [1.165, 1.54) is 173 Å². The van der Waals surface area contributed by atoms with Crippen LogP contribution < -0.4 is 5.32 Å². The standard InChI is InChI=1S/C68H119NO8/c1-3-5-7-9-11-13-15-17-19-21-23-25-27-28-29-30-31-32-33-34-36-37-39-41-43-45-47-49-51-53-55-57-62(71)61(60-76-68-67(75)66(74)65(73)63(59-70)77-68)69-64(72)58-56-54-52-50-48-46-44-42-40-38-35-26-24-22-20-18-16-14-12-10-8-6-4-2/h6,8,12,14,18,20,24,26,38,40,44,46,50,52,55,57,61-63,65-68,70-71,73-75H,3-5,7,9-11,13,15-17,19,21-23,25,27-37,39,41-43,45,47-49,51,53-54,56,58-60H2,1-2H3,(H,69,72)/b8-6-,14-12-,20-18-,26-24-,40-38-,46-44-,52-50-,57-55+. The van der Waals surface area contributed by atoms with Gasteiger partial charge in [-0.25, -0.2) is 0 Å². The van der Waals surface area contributed by atoms with Crippen molar-refractivity contribution < 1.29 is 39.8 Å². The van der Waals surface area contributed by atoms with E-state index in [2.05, 4.69) is 104 Å². The number of hydrogen-bond acceptors (Lipinski definition) is 8. The smallest absolute Gasteiger partial charge is 0.220 e. The van der Waals surface area contributed by atoms with E-state index >= 15 is 0 Å². The van der Waals surface area contributed by atoms with Crippen molar-refractivity contribution in [3.05, 3.63) is 97.2 Å². The van der Waals surface area contributed by atoms with Crippen LogP contribution in [0.15, 0.2) is 97.2 Å². The van der Waals surface area contributed by atoms with E-state index < -0.39 is 49.5 Å². The number of carbonyl (C=O) groups is 1. The van der Waals surface area contributed by atoms with E-state index in [9.17, 15) is 30.3 Å². The number of nitrogens with one attached hydrogen (secondary N) is 1. The molecule has 444 valence electrons. The zero-order valence-corrected chi connectivity index (χ0v) is 49.4. The number of ether oxygens (including phenoxy) is 2. The van der Waals surface area contributed by atoms with E-state index in [1.807, 2.05) is 6.08 Å². The van der Waals surface area contributed by atoms with Crippen molar-refractivity contribution in [2.75, 3.05) is 13.2 Å². The Morgan fingerprint density at radius 1 is 0.455 bits per heavy atom. The van der Waals surface area contributed by atoms with Gasteiger partial charge in [0.1, 0.15) is 24.4 Å². The minimum atomic E-state index is -1.58. The second kappa shape index (κ2) is 56.4. The fourth-order valence-corrected chi connectivity index (χ4v) is 9.68. The minimum Gasteiger partial charge on any atom is -0.394 e. The van der Waals surface area contributed by atoms with Crippen LogP contribution in [0.5, 0.6) is 0 Å². The van der Waals surface area contributed by atoms with Gasteiger partial charge in [0.15, 0.2) is 6.29 Å². The minimum absolute atomic E-state index is 0.217. The monoisotopic (exact) mass is 1080 g/mol. The molecule has 1 saturated heterocycles. The molecule has 0 radical (unpaired) electrons. The summed E-state index contributed by atoms with van der Waals surface area (Å²) >= 11 is 0. The van der Waals surface area contributed by atoms with Gasteiger partial charge in [0.2, 0.25) is 5.91 Å². The Hall–Kier alpha value is -2.89. The van der Waals surface area contributed by atoms with Crippen LogP contribution in [-0.4, -0.2) is 87.5 Å². The van der Waals surface area contributed by atoms with Gasteiger partial charge in [0, 0.05) is 6.42 Å². The maximum Gasteiger partial charge on any atom is 0.220 e. The van der Waals surface area contributed by atoms with Crippen LogP contribution in [0.25, 0.3) is 0 Å². The van der Waals surface area contributed by atoms with Gasteiger partial charge in [-0.15, -0.1) is 0 Å². The fourth-order valence-electron chi connectivity index (χ4n) is 9.68. The molecule has 0 spiro atoms. The lowest BCUT2D eigenvalue weighted by Crippen LogP contribution is -2.60. The molecule has 77 heavy (non-hydrogen) atoms. The molecule has 7 atom stereocenters. The summed E-state index contributed by atoms with van der Waals surface area (Å²) in [6.45, 7) is 3.65. The third kappa shape index (κ3) is 45.5. The summed E-state index contributed by atoms with van der Waals surface area (Å²) in [5.74, 6) is -0.235. The number of aliphatic hydroxyl groups excluding tert-OH is 5. The molecule has 1 heterocycles. The van der Waals surface area contributed by atoms with Gasteiger partial charge in [-0.2, -0.15) is 0 Å². The van der Waals surface area contributed by atoms with E-state index in [1.54, 1.807) is 6.08 Å². The summed E-state index contributed by atoms with van der Waals surface area (Å²) in [5, 5.41) is 54.6. The lowest BCUT2D eigenvalue weighted by molar-refractivity contribution is -0.302. The quantitative estimate of drug-likeness (QED) is 0.0261. The molecule has 0 aliphatic carbocycles. The predicted molar refractivity (Wildman–Crippen MR) is 327 cm³/mol. The molecule has 7 unspecified atom stereocenters. The highest BCUT2D eigenvalue weighted by Crippen LogP contribution is 2.23. The van der Waals surface area contributed by atoms with Gasteiger partial charge in [0.05, 0.1) is 25.4 Å². The number of hydrogen-bond donors (Lipinski definition) is 6. The van der Waals surface area contributed by atoms with E-state index in [4.69, 9.17) is 9.47 Å². The average Bonchev–Trinajstić information content (AvgIpc) is 3.43. The van der Waals surface area contributed by atoms with Gasteiger partial charge in [-0.05, 0) is 70.6 Å². The third-order valence-electron chi connectivity index (χ3n) is 14.7. The molecule has 6 N–H and O–H groups in total. The molecule has 0 saturated carbocycles. The number of rotatable bonds is 54. The van der Waals surface area contributed by atoms with Crippen molar-refractivity contribution in [2.45, 2.75) is 314 Å². The summed E-state index contributed by atoms with van der Waals surface area (Å²) < 4.78 is 11.3. The van der Waals surface area contributed by atoms with Crippen LogP contribution >= 0.6 is 0 Å². The Kier molecular flexibility index (Phi) is 52.8. The van der Waals surface area contributed by atoms with Crippen molar-refractivity contribution in [2.24, 2.45) is 0 Å². The van der Waals surface area contributed by atoms with Crippen LogP contribution in [0.4, 0.5) is 0 Å². The lowest BCUT2D eigenvalue weighted by atomic mass is 9.99. The van der Waals surface area contributed by atoms with E-state index in [0.717, 1.165) is 70.6 Å². The van der Waals surface area contributed by atoms with Crippen LogP contribution in [-0.2, 0) is 14.3 Å². The first-order valence-electron chi connectivity index (χ1n) is 32.0. The summed E-state index contributed by atoms with van der Waals surface area (Å²) in [4.78, 5) is 13.1.